The average molecular weight is 291 g/mol. The quantitative estimate of drug-likeness (QED) is 0.918. The number of benzene rings is 1. The number of aryl methyl sites for hydroxylation is 2. The van der Waals surface area contributed by atoms with Gasteiger partial charge in [-0.3, -0.25) is 10.00 Å². The lowest BCUT2D eigenvalue weighted by Crippen LogP contribution is -2.23. The van der Waals surface area contributed by atoms with Crippen LogP contribution in [0.4, 0.5) is 4.39 Å². The predicted molar refractivity (Wildman–Crippen MR) is 80.9 cm³/mol. The van der Waals surface area contributed by atoms with Gasteiger partial charge in [0.15, 0.2) is 0 Å². The molecular formula is C16H22FN3O. The summed E-state index contributed by atoms with van der Waals surface area (Å²) in [6, 6.07) is 5.13. The number of nitrogens with zero attached hydrogens (tertiary/aromatic N) is 2. The summed E-state index contributed by atoms with van der Waals surface area (Å²) in [5.74, 6) is 0.294. The highest BCUT2D eigenvalue weighted by Crippen LogP contribution is 2.26. The lowest BCUT2D eigenvalue weighted by Gasteiger charge is -2.25. The third kappa shape index (κ3) is 3.24. The monoisotopic (exact) mass is 291 g/mol. The number of ether oxygens (including phenoxy) is 1. The van der Waals surface area contributed by atoms with Gasteiger partial charge >= 0.3 is 0 Å². The highest BCUT2D eigenvalue weighted by molar-refractivity contribution is 5.30. The van der Waals surface area contributed by atoms with Gasteiger partial charge in [-0.25, -0.2) is 4.39 Å². The highest BCUT2D eigenvalue weighted by Gasteiger charge is 2.19. The maximum Gasteiger partial charge on any atom is 0.131 e. The fourth-order valence-electron chi connectivity index (χ4n) is 2.58. The standard InChI is InChI=1S/C16H22FN3O/c1-10-16(11(2)19-18-10)12(3)20(4)9-13-6-7-14(21-5)8-15(13)17/h6-8,12H,9H2,1-5H3,(H,18,19). The van der Waals surface area contributed by atoms with Crippen LogP contribution in [-0.2, 0) is 6.54 Å². The first kappa shape index (κ1) is 15.5. The van der Waals surface area contributed by atoms with Crippen molar-refractivity contribution >= 4 is 0 Å². The van der Waals surface area contributed by atoms with Gasteiger partial charge in [0.25, 0.3) is 0 Å². The summed E-state index contributed by atoms with van der Waals surface area (Å²) in [6.45, 7) is 6.62. The molecule has 0 amide bonds. The smallest absolute Gasteiger partial charge is 0.131 e. The summed E-state index contributed by atoms with van der Waals surface area (Å²) in [6.07, 6.45) is 0. The molecule has 0 aliphatic heterocycles. The molecule has 0 radical (unpaired) electrons. The van der Waals surface area contributed by atoms with Gasteiger partial charge in [-0.15, -0.1) is 0 Å². The van der Waals surface area contributed by atoms with Gasteiger partial charge in [-0.2, -0.15) is 5.10 Å². The zero-order chi connectivity index (χ0) is 15.6. The Morgan fingerprint density at radius 3 is 2.62 bits per heavy atom. The van der Waals surface area contributed by atoms with Gasteiger partial charge in [-0.1, -0.05) is 6.07 Å². The first-order valence-electron chi connectivity index (χ1n) is 6.98. The number of halogens is 1. The van der Waals surface area contributed by atoms with E-state index in [0.717, 1.165) is 11.4 Å². The van der Waals surface area contributed by atoms with Crippen molar-refractivity contribution in [3.05, 3.63) is 46.5 Å². The lowest BCUT2D eigenvalue weighted by molar-refractivity contribution is 0.248. The summed E-state index contributed by atoms with van der Waals surface area (Å²) in [5, 5.41) is 7.22. The molecule has 2 aromatic rings. The first-order chi connectivity index (χ1) is 9.93. The molecule has 0 saturated heterocycles. The number of aromatic nitrogens is 2. The van der Waals surface area contributed by atoms with Crippen LogP contribution in [-0.4, -0.2) is 29.3 Å². The van der Waals surface area contributed by atoms with E-state index in [-0.39, 0.29) is 11.9 Å². The Bertz CT molecular complexity index is 604. The molecule has 0 saturated carbocycles. The molecule has 1 aromatic heterocycles. The number of hydrogen-bond donors (Lipinski definition) is 1. The Labute approximate surface area is 124 Å². The van der Waals surface area contributed by atoms with Crippen molar-refractivity contribution in [2.45, 2.75) is 33.4 Å². The molecule has 1 atom stereocenters. The SMILES string of the molecule is COc1ccc(CN(C)C(C)c2c(C)n[nH]c2C)c(F)c1. The maximum absolute atomic E-state index is 14.0. The number of H-pyrrole nitrogens is 1. The van der Waals surface area contributed by atoms with Crippen LogP contribution in [0.25, 0.3) is 0 Å². The minimum atomic E-state index is -0.242. The van der Waals surface area contributed by atoms with E-state index in [9.17, 15) is 4.39 Å². The second-order valence-electron chi connectivity index (χ2n) is 5.40. The molecule has 21 heavy (non-hydrogen) atoms. The molecule has 2 rings (SSSR count). The van der Waals surface area contributed by atoms with Crippen LogP contribution in [0.5, 0.6) is 5.75 Å². The Hall–Kier alpha value is -1.88. The van der Waals surface area contributed by atoms with Crippen LogP contribution in [0, 0.1) is 19.7 Å². The van der Waals surface area contributed by atoms with Crippen LogP contribution in [0.1, 0.15) is 35.5 Å². The zero-order valence-corrected chi connectivity index (χ0v) is 13.2. The van der Waals surface area contributed by atoms with Crippen molar-refractivity contribution in [3.8, 4) is 5.75 Å². The summed E-state index contributed by atoms with van der Waals surface area (Å²) in [7, 11) is 3.52. The Morgan fingerprint density at radius 2 is 2.10 bits per heavy atom. The van der Waals surface area contributed by atoms with Crippen molar-refractivity contribution < 1.29 is 9.13 Å². The zero-order valence-electron chi connectivity index (χ0n) is 13.2. The molecule has 0 aliphatic rings. The number of rotatable bonds is 5. The van der Waals surface area contributed by atoms with E-state index in [2.05, 4.69) is 22.0 Å². The average Bonchev–Trinajstić information content (AvgIpc) is 2.79. The molecule has 0 bridgehead atoms. The largest absolute Gasteiger partial charge is 0.497 e. The van der Waals surface area contributed by atoms with Gasteiger partial charge in [0.2, 0.25) is 0 Å². The molecule has 0 aliphatic carbocycles. The van der Waals surface area contributed by atoms with E-state index >= 15 is 0 Å². The van der Waals surface area contributed by atoms with Crippen LogP contribution in [0.15, 0.2) is 18.2 Å². The third-order valence-corrected chi connectivity index (χ3v) is 3.94. The molecule has 1 N–H and O–H groups in total. The Kier molecular flexibility index (Phi) is 4.63. The minimum absolute atomic E-state index is 0.158. The molecule has 1 unspecified atom stereocenters. The molecule has 4 nitrogen and oxygen atoms in total. The number of aromatic amines is 1. The summed E-state index contributed by atoms with van der Waals surface area (Å²) >= 11 is 0. The van der Waals surface area contributed by atoms with Crippen molar-refractivity contribution in [2.24, 2.45) is 0 Å². The van der Waals surface area contributed by atoms with Crippen LogP contribution in [0.3, 0.4) is 0 Å². The van der Waals surface area contributed by atoms with Crippen LogP contribution < -0.4 is 4.74 Å². The molecule has 0 fully saturated rings. The fourth-order valence-corrected chi connectivity index (χ4v) is 2.58. The van der Waals surface area contributed by atoms with Gasteiger partial charge in [0.1, 0.15) is 11.6 Å². The Balaban J connectivity index is 2.16. The minimum Gasteiger partial charge on any atom is -0.497 e. The molecule has 1 aromatic carbocycles. The molecule has 5 heteroatoms. The number of hydrogen-bond acceptors (Lipinski definition) is 3. The van der Waals surface area contributed by atoms with Crippen molar-refractivity contribution in [1.82, 2.24) is 15.1 Å². The molecule has 1 heterocycles. The predicted octanol–water partition coefficient (Wildman–Crippen LogP) is 3.37. The number of nitrogens with one attached hydrogen (secondary N) is 1. The van der Waals surface area contributed by atoms with Gasteiger partial charge in [-0.05, 0) is 33.9 Å². The maximum atomic E-state index is 14.0. The third-order valence-electron chi connectivity index (χ3n) is 3.94. The van der Waals surface area contributed by atoms with E-state index in [1.807, 2.05) is 20.9 Å². The van der Waals surface area contributed by atoms with Crippen molar-refractivity contribution in [2.75, 3.05) is 14.2 Å². The van der Waals surface area contributed by atoms with Gasteiger partial charge in [0.05, 0.1) is 12.8 Å². The van der Waals surface area contributed by atoms with E-state index in [4.69, 9.17) is 4.74 Å². The fraction of sp³-hybridized carbons (Fsp3) is 0.438. The van der Waals surface area contributed by atoms with Crippen molar-refractivity contribution in [3.63, 3.8) is 0 Å². The lowest BCUT2D eigenvalue weighted by atomic mass is 10.0. The summed E-state index contributed by atoms with van der Waals surface area (Å²) in [4.78, 5) is 2.11. The first-order valence-corrected chi connectivity index (χ1v) is 6.98. The van der Waals surface area contributed by atoms with Crippen LogP contribution >= 0.6 is 0 Å². The highest BCUT2D eigenvalue weighted by atomic mass is 19.1. The molecule has 0 spiro atoms. The van der Waals surface area contributed by atoms with Crippen LogP contribution in [0.2, 0.25) is 0 Å². The molecular weight excluding hydrogens is 269 g/mol. The number of methoxy groups -OCH3 is 1. The van der Waals surface area contributed by atoms with Gasteiger partial charge in [0, 0.05) is 35.5 Å². The second kappa shape index (κ2) is 6.26. The Morgan fingerprint density at radius 1 is 1.38 bits per heavy atom. The normalized spacial score (nSPS) is 12.7. The van der Waals surface area contributed by atoms with E-state index < -0.39 is 0 Å². The van der Waals surface area contributed by atoms with E-state index in [1.165, 1.54) is 18.7 Å². The molecule has 114 valence electrons. The summed E-state index contributed by atoms with van der Waals surface area (Å²) < 4.78 is 19.1. The van der Waals surface area contributed by atoms with E-state index in [1.54, 1.807) is 12.1 Å². The van der Waals surface area contributed by atoms with E-state index in [0.29, 0.717) is 17.9 Å². The van der Waals surface area contributed by atoms with Crippen molar-refractivity contribution in [1.29, 1.82) is 0 Å². The van der Waals surface area contributed by atoms with Gasteiger partial charge < -0.3 is 4.74 Å². The topological polar surface area (TPSA) is 41.1 Å². The second-order valence-corrected chi connectivity index (χ2v) is 5.40. The summed E-state index contributed by atoms with van der Waals surface area (Å²) in [5.41, 5.74) is 3.87.